The zero-order valence-corrected chi connectivity index (χ0v) is 16.4. The maximum absolute atomic E-state index is 12.6. The average molecular weight is 389 g/mol. The van der Waals surface area contributed by atoms with Gasteiger partial charge < -0.3 is 0 Å². The molecule has 0 fully saturated rings. The molecule has 4 rings (SSSR count). The van der Waals surface area contributed by atoms with Crippen molar-refractivity contribution >= 4 is 22.4 Å². The molecule has 1 amide bonds. The minimum atomic E-state index is -0.228. The van der Waals surface area contributed by atoms with E-state index in [9.17, 15) is 4.79 Å². The second-order valence-electron chi connectivity index (χ2n) is 6.58. The van der Waals surface area contributed by atoms with Crippen molar-refractivity contribution in [3.05, 3.63) is 77.8 Å². The van der Waals surface area contributed by atoms with E-state index in [-0.39, 0.29) is 5.91 Å². The topological polar surface area (TPSA) is 72.7 Å². The number of nitrogens with zero attached hydrogens (tertiary/aromatic N) is 4. The molecule has 3 heterocycles. The summed E-state index contributed by atoms with van der Waals surface area (Å²) >= 11 is 1.51. The van der Waals surface area contributed by atoms with Gasteiger partial charge in [-0.15, -0.1) is 11.3 Å². The normalized spacial score (nSPS) is 11.0. The number of pyridine rings is 1. The molecule has 0 atom stereocenters. The molecule has 1 N–H and O–H groups in total. The first kappa shape index (κ1) is 18.1. The van der Waals surface area contributed by atoms with Crippen molar-refractivity contribution in [2.24, 2.45) is 0 Å². The summed E-state index contributed by atoms with van der Waals surface area (Å²) in [6, 6.07) is 13.6. The van der Waals surface area contributed by atoms with Crippen LogP contribution in [0.2, 0.25) is 0 Å². The molecule has 6 nitrogen and oxygen atoms in total. The number of imidazole rings is 1. The number of hydrogen-bond donors (Lipinski definition) is 1. The van der Waals surface area contributed by atoms with Crippen LogP contribution >= 0.6 is 11.3 Å². The molecule has 3 aromatic heterocycles. The van der Waals surface area contributed by atoms with E-state index < -0.39 is 0 Å². The van der Waals surface area contributed by atoms with Gasteiger partial charge >= 0.3 is 0 Å². The third-order valence-electron chi connectivity index (χ3n) is 4.22. The predicted molar refractivity (Wildman–Crippen MR) is 111 cm³/mol. The highest BCUT2D eigenvalue weighted by Crippen LogP contribution is 2.36. The third kappa shape index (κ3) is 3.70. The van der Waals surface area contributed by atoms with Crippen LogP contribution in [0, 0.1) is 0 Å². The second kappa shape index (κ2) is 7.74. The molecule has 7 heteroatoms. The van der Waals surface area contributed by atoms with E-state index in [1.165, 1.54) is 11.3 Å². The Morgan fingerprint density at radius 2 is 1.96 bits per heavy atom. The lowest BCUT2D eigenvalue weighted by Crippen LogP contribution is -2.12. The number of carbonyl (C=O) groups is 1. The minimum absolute atomic E-state index is 0.228. The Morgan fingerprint density at radius 1 is 1.14 bits per heavy atom. The smallest absolute Gasteiger partial charge is 0.259 e. The Hall–Kier alpha value is -3.32. The fraction of sp³-hybridized carbons (Fsp3) is 0.143. The van der Waals surface area contributed by atoms with Crippen molar-refractivity contribution in [2.45, 2.75) is 19.8 Å². The van der Waals surface area contributed by atoms with Crippen LogP contribution in [-0.4, -0.2) is 25.4 Å². The largest absolute Gasteiger partial charge is 0.298 e. The molecule has 0 saturated heterocycles. The van der Waals surface area contributed by atoms with Crippen LogP contribution in [0.25, 0.3) is 17.1 Å². The van der Waals surface area contributed by atoms with Crippen LogP contribution in [-0.2, 0) is 0 Å². The van der Waals surface area contributed by atoms with E-state index >= 15 is 0 Å². The molecule has 0 radical (unpaired) electrons. The number of nitrogens with one attached hydrogen (secondary N) is 1. The third-order valence-corrected chi connectivity index (χ3v) is 5.50. The Morgan fingerprint density at radius 3 is 2.61 bits per heavy atom. The van der Waals surface area contributed by atoms with Gasteiger partial charge in [-0.1, -0.05) is 44.2 Å². The van der Waals surface area contributed by atoms with Crippen molar-refractivity contribution in [3.8, 4) is 17.1 Å². The van der Waals surface area contributed by atoms with Gasteiger partial charge in [-0.25, -0.2) is 15.0 Å². The second-order valence-corrected chi connectivity index (χ2v) is 7.61. The van der Waals surface area contributed by atoms with E-state index in [4.69, 9.17) is 0 Å². The molecular weight excluding hydrogens is 370 g/mol. The first-order valence-corrected chi connectivity index (χ1v) is 9.75. The van der Waals surface area contributed by atoms with Crippen molar-refractivity contribution < 1.29 is 4.79 Å². The molecule has 28 heavy (non-hydrogen) atoms. The molecule has 0 unspecified atom stereocenters. The monoisotopic (exact) mass is 389 g/mol. The van der Waals surface area contributed by atoms with E-state index in [1.54, 1.807) is 41.6 Å². The number of anilines is 1. The van der Waals surface area contributed by atoms with E-state index in [1.807, 2.05) is 30.3 Å². The first-order valence-electron chi connectivity index (χ1n) is 8.93. The fourth-order valence-corrected chi connectivity index (χ4v) is 3.80. The Balaban J connectivity index is 1.56. The van der Waals surface area contributed by atoms with Crippen LogP contribution in [0.3, 0.4) is 0 Å². The van der Waals surface area contributed by atoms with E-state index in [2.05, 4.69) is 34.1 Å². The molecule has 0 aliphatic carbocycles. The molecular formula is C21H19N5OS. The van der Waals surface area contributed by atoms with Gasteiger partial charge in [0.2, 0.25) is 0 Å². The highest BCUT2D eigenvalue weighted by molar-refractivity contribution is 7.16. The lowest BCUT2D eigenvalue weighted by atomic mass is 10.1. The Labute approximate surface area is 166 Å². The minimum Gasteiger partial charge on any atom is -0.298 e. The number of rotatable bonds is 5. The first-order chi connectivity index (χ1) is 13.6. The molecule has 4 aromatic rings. The summed E-state index contributed by atoms with van der Waals surface area (Å²) in [6.45, 7) is 4.26. The van der Waals surface area contributed by atoms with Crippen molar-refractivity contribution in [2.75, 3.05) is 5.32 Å². The van der Waals surface area contributed by atoms with E-state index in [0.717, 1.165) is 16.1 Å². The molecule has 0 spiro atoms. The summed E-state index contributed by atoms with van der Waals surface area (Å²) in [4.78, 5) is 26.8. The number of hydrogen-bond acceptors (Lipinski definition) is 5. The average Bonchev–Trinajstić information content (AvgIpc) is 3.39. The summed E-state index contributed by atoms with van der Waals surface area (Å²) in [7, 11) is 0. The van der Waals surface area contributed by atoms with Gasteiger partial charge in [0.15, 0.2) is 5.13 Å². The van der Waals surface area contributed by atoms with Crippen LogP contribution < -0.4 is 5.32 Å². The highest BCUT2D eigenvalue weighted by atomic mass is 32.1. The van der Waals surface area contributed by atoms with Gasteiger partial charge in [-0.3, -0.25) is 14.7 Å². The number of amides is 1. The van der Waals surface area contributed by atoms with Crippen molar-refractivity contribution in [1.29, 1.82) is 0 Å². The lowest BCUT2D eigenvalue weighted by Gasteiger charge is -2.04. The van der Waals surface area contributed by atoms with Gasteiger partial charge in [0.05, 0.1) is 11.3 Å². The Kier molecular flexibility index (Phi) is 4.99. The standard InChI is InChI=1S/C21H19N5OS/c1-14(2)19-18(15-6-4-3-5-7-15)24-21(28-19)25-20(27)16-8-9-17(23-12-16)26-11-10-22-13-26/h3-14H,1-2H3,(H,24,25,27). The van der Waals surface area contributed by atoms with Crippen molar-refractivity contribution in [1.82, 2.24) is 19.5 Å². The zero-order chi connectivity index (χ0) is 19.5. The predicted octanol–water partition coefficient (Wildman–Crippen LogP) is 4.77. The van der Waals surface area contributed by atoms with Crippen LogP contribution in [0.15, 0.2) is 67.4 Å². The number of thiazole rings is 1. The summed E-state index contributed by atoms with van der Waals surface area (Å²) in [5, 5.41) is 3.50. The maximum atomic E-state index is 12.6. The highest BCUT2D eigenvalue weighted by Gasteiger charge is 2.17. The van der Waals surface area contributed by atoms with Gasteiger partial charge in [0, 0.05) is 29.0 Å². The van der Waals surface area contributed by atoms with E-state index in [0.29, 0.717) is 22.4 Å². The summed E-state index contributed by atoms with van der Waals surface area (Å²) < 4.78 is 1.78. The number of carbonyl (C=O) groups excluding carboxylic acids is 1. The molecule has 0 bridgehead atoms. The molecule has 0 saturated carbocycles. The quantitative estimate of drug-likeness (QED) is 0.534. The van der Waals surface area contributed by atoms with Crippen LogP contribution in [0.1, 0.15) is 35.0 Å². The lowest BCUT2D eigenvalue weighted by molar-refractivity contribution is 0.102. The molecule has 0 aliphatic heterocycles. The van der Waals surface area contributed by atoms with Gasteiger partial charge in [0.1, 0.15) is 12.1 Å². The summed E-state index contributed by atoms with van der Waals surface area (Å²) in [5.41, 5.74) is 2.45. The Bertz CT molecular complexity index is 1070. The summed E-state index contributed by atoms with van der Waals surface area (Å²) in [5.74, 6) is 0.791. The maximum Gasteiger partial charge on any atom is 0.259 e. The fourth-order valence-electron chi connectivity index (χ4n) is 2.82. The van der Waals surface area contributed by atoms with Crippen LogP contribution in [0.5, 0.6) is 0 Å². The molecule has 140 valence electrons. The van der Waals surface area contributed by atoms with Gasteiger partial charge in [0.25, 0.3) is 5.91 Å². The SMILES string of the molecule is CC(C)c1sc(NC(=O)c2ccc(-n3ccnc3)nc2)nc1-c1ccccc1. The number of aromatic nitrogens is 4. The van der Waals surface area contributed by atoms with Crippen LogP contribution in [0.4, 0.5) is 5.13 Å². The summed E-state index contributed by atoms with van der Waals surface area (Å²) in [6.07, 6.45) is 6.70. The number of benzene rings is 1. The van der Waals surface area contributed by atoms with Gasteiger partial charge in [-0.2, -0.15) is 0 Å². The zero-order valence-electron chi connectivity index (χ0n) is 15.5. The molecule has 1 aromatic carbocycles. The van der Waals surface area contributed by atoms with Gasteiger partial charge in [-0.05, 0) is 18.1 Å². The van der Waals surface area contributed by atoms with Crippen molar-refractivity contribution in [3.63, 3.8) is 0 Å². The molecule has 0 aliphatic rings.